The molecule has 10 nitrogen and oxygen atoms in total. The second-order valence-corrected chi connectivity index (χ2v) is 13.5. The Balaban J connectivity index is 1.41. The van der Waals surface area contributed by atoms with Gasteiger partial charge in [-0.1, -0.05) is 19.1 Å². The normalized spacial score (nSPS) is 30.7. The number of ketones is 4. The molecule has 6 atom stereocenters. The van der Waals surface area contributed by atoms with Crippen LogP contribution in [0, 0.1) is 35.4 Å². The standard InChI is InChI=1S/C34H38FN3O7/c1-16-8-10-38(11-9-16)15-17-4-6-23(35)20(12-17)19-5-7-24(39)26-21(19)13-18-14-22-28(37(2)3)30(41)27(33(36)44)32(43)34(22,45)31(42)25(18)29(26)40/h4-7,12,16,18,22,25,27-28,39,45H,8-11,13-15H2,1-3H3,(H2,36,44)/t18-,22-,25?,27?,28-,34-/m0/s1. The summed E-state index contributed by atoms with van der Waals surface area (Å²) in [6.45, 7) is 4.76. The van der Waals surface area contributed by atoms with Gasteiger partial charge in [-0.25, -0.2) is 4.39 Å². The topological polar surface area (TPSA) is 158 Å². The van der Waals surface area contributed by atoms with Crippen LogP contribution in [0.25, 0.3) is 11.1 Å². The number of likely N-dealkylation sites (N-methyl/N-ethyl adjacent to an activating group) is 1. The number of nitrogens with two attached hydrogens (primary N) is 1. The molecule has 3 aliphatic carbocycles. The minimum absolute atomic E-state index is 0.0588. The molecule has 3 fully saturated rings. The zero-order valence-corrected chi connectivity index (χ0v) is 25.6. The number of likely N-dealkylation sites (tertiary alicyclic amines) is 1. The number of rotatable bonds is 5. The molecule has 1 heterocycles. The van der Waals surface area contributed by atoms with E-state index in [0.29, 0.717) is 23.6 Å². The summed E-state index contributed by atoms with van der Waals surface area (Å²) in [5.74, 6) is -11.1. The number of benzene rings is 2. The van der Waals surface area contributed by atoms with Crippen LogP contribution in [0.3, 0.4) is 0 Å². The van der Waals surface area contributed by atoms with Crippen molar-refractivity contribution in [1.29, 1.82) is 0 Å². The molecule has 1 aliphatic heterocycles. The van der Waals surface area contributed by atoms with Crippen LogP contribution >= 0.6 is 0 Å². The minimum atomic E-state index is -2.79. The van der Waals surface area contributed by atoms with Gasteiger partial charge in [0, 0.05) is 18.0 Å². The second-order valence-electron chi connectivity index (χ2n) is 13.5. The average molecular weight is 620 g/mol. The van der Waals surface area contributed by atoms with E-state index in [-0.39, 0.29) is 24.0 Å². The highest BCUT2D eigenvalue weighted by Crippen LogP contribution is 2.52. The van der Waals surface area contributed by atoms with Crippen LogP contribution < -0.4 is 5.73 Å². The highest BCUT2D eigenvalue weighted by Gasteiger charge is 2.69. The number of piperidine rings is 1. The van der Waals surface area contributed by atoms with E-state index in [1.54, 1.807) is 18.2 Å². The predicted molar refractivity (Wildman–Crippen MR) is 160 cm³/mol. The number of primary amides is 1. The Hall–Kier alpha value is -3.80. The summed E-state index contributed by atoms with van der Waals surface area (Å²) in [5, 5.41) is 22.6. The maximum Gasteiger partial charge on any atom is 0.235 e. The molecule has 4 aliphatic rings. The molecule has 1 saturated heterocycles. The van der Waals surface area contributed by atoms with Gasteiger partial charge in [0.05, 0.1) is 17.5 Å². The molecule has 0 spiro atoms. The number of carbonyl (C=O) groups is 5. The Morgan fingerprint density at radius 2 is 1.76 bits per heavy atom. The molecule has 1 amide bonds. The highest BCUT2D eigenvalue weighted by molar-refractivity contribution is 6.32. The first-order valence-corrected chi connectivity index (χ1v) is 15.5. The molecule has 45 heavy (non-hydrogen) atoms. The quantitative estimate of drug-likeness (QED) is 0.425. The lowest BCUT2D eigenvalue weighted by Crippen LogP contribution is -2.74. The lowest BCUT2D eigenvalue weighted by atomic mass is 9.52. The maximum atomic E-state index is 15.5. The Bertz CT molecular complexity index is 1630. The highest BCUT2D eigenvalue weighted by atomic mass is 19.1. The summed E-state index contributed by atoms with van der Waals surface area (Å²) in [7, 11) is 3.07. The van der Waals surface area contributed by atoms with Crippen molar-refractivity contribution >= 4 is 29.0 Å². The molecular formula is C34H38FN3O7. The molecule has 2 aromatic rings. The van der Waals surface area contributed by atoms with Gasteiger partial charge < -0.3 is 15.9 Å². The lowest BCUT2D eigenvalue weighted by molar-refractivity contribution is -0.181. The number of aromatic hydroxyl groups is 1. The van der Waals surface area contributed by atoms with E-state index in [2.05, 4.69) is 11.8 Å². The summed E-state index contributed by atoms with van der Waals surface area (Å²) >= 11 is 0. The van der Waals surface area contributed by atoms with Gasteiger partial charge >= 0.3 is 0 Å². The van der Waals surface area contributed by atoms with Gasteiger partial charge in [0.25, 0.3) is 0 Å². The van der Waals surface area contributed by atoms with Gasteiger partial charge in [0.2, 0.25) is 5.91 Å². The molecule has 6 rings (SSSR count). The summed E-state index contributed by atoms with van der Waals surface area (Å²) in [5.41, 5.74) is 4.36. The molecule has 0 aromatic heterocycles. The van der Waals surface area contributed by atoms with Crippen LogP contribution in [0.1, 0.15) is 47.7 Å². The van der Waals surface area contributed by atoms with E-state index in [4.69, 9.17) is 5.73 Å². The number of Topliss-reactive ketones (excluding diaryl/α,β-unsaturated/α-hetero) is 4. The van der Waals surface area contributed by atoms with Crippen LogP contribution in [0.5, 0.6) is 5.75 Å². The number of carbonyl (C=O) groups excluding carboxylic acids is 5. The fraction of sp³-hybridized carbons (Fsp3) is 0.500. The lowest BCUT2D eigenvalue weighted by Gasteiger charge is -2.52. The van der Waals surface area contributed by atoms with E-state index in [1.807, 2.05) is 0 Å². The smallest absolute Gasteiger partial charge is 0.235 e. The van der Waals surface area contributed by atoms with Gasteiger partial charge in [-0.05, 0) is 99.6 Å². The monoisotopic (exact) mass is 619 g/mol. The number of halogens is 1. The fourth-order valence-corrected chi connectivity index (χ4v) is 8.21. The van der Waals surface area contributed by atoms with Gasteiger partial charge in [-0.15, -0.1) is 0 Å². The molecular weight excluding hydrogens is 581 g/mol. The summed E-state index contributed by atoms with van der Waals surface area (Å²) < 4.78 is 15.5. The first kappa shape index (κ1) is 31.2. The largest absolute Gasteiger partial charge is 0.507 e. The molecule has 0 bridgehead atoms. The fourth-order valence-electron chi connectivity index (χ4n) is 8.21. The first-order valence-electron chi connectivity index (χ1n) is 15.5. The summed E-state index contributed by atoms with van der Waals surface area (Å²) in [6.07, 6.45) is 2.17. The maximum absolute atomic E-state index is 15.5. The van der Waals surface area contributed by atoms with Crippen LogP contribution in [0.4, 0.5) is 4.39 Å². The van der Waals surface area contributed by atoms with Crippen molar-refractivity contribution in [1.82, 2.24) is 9.80 Å². The summed E-state index contributed by atoms with van der Waals surface area (Å²) in [4.78, 5) is 70.8. The van der Waals surface area contributed by atoms with Gasteiger partial charge in [0.15, 0.2) is 34.7 Å². The van der Waals surface area contributed by atoms with Crippen molar-refractivity contribution < 1.29 is 38.6 Å². The Morgan fingerprint density at radius 3 is 2.40 bits per heavy atom. The van der Waals surface area contributed by atoms with E-state index >= 15 is 4.39 Å². The molecule has 2 aromatic carbocycles. The number of phenolic OH excluding ortho intramolecular Hbond substituents is 1. The van der Waals surface area contributed by atoms with Gasteiger partial charge in [-0.2, -0.15) is 0 Å². The SMILES string of the molecule is CC1CCN(Cc2ccc(F)c(-c3ccc(O)c4c3C[C@H]3C[C@H]5[C@H](N(C)C)C(=O)C(C(N)=O)C(=O)[C@@]5(O)C(=O)C3C4=O)c2)CC1. The van der Waals surface area contributed by atoms with Crippen LogP contribution in [0.2, 0.25) is 0 Å². The third kappa shape index (κ3) is 4.83. The van der Waals surface area contributed by atoms with Crippen LogP contribution in [-0.2, 0) is 32.1 Å². The third-order valence-corrected chi connectivity index (χ3v) is 10.5. The molecule has 4 N–H and O–H groups in total. The van der Waals surface area contributed by atoms with E-state index < -0.39 is 75.9 Å². The van der Waals surface area contributed by atoms with Crippen molar-refractivity contribution in [3.05, 3.63) is 52.8 Å². The van der Waals surface area contributed by atoms with Crippen molar-refractivity contribution in [3.8, 4) is 16.9 Å². The molecule has 11 heteroatoms. The Kier molecular flexibility index (Phi) is 7.78. The molecule has 2 saturated carbocycles. The molecule has 2 unspecified atom stereocenters. The van der Waals surface area contributed by atoms with Crippen LogP contribution in [-0.4, -0.2) is 87.9 Å². The molecule has 238 valence electrons. The number of amides is 1. The van der Waals surface area contributed by atoms with Crippen molar-refractivity contribution in [2.75, 3.05) is 27.2 Å². The zero-order chi connectivity index (χ0) is 32.5. The number of hydrogen-bond donors (Lipinski definition) is 3. The van der Waals surface area contributed by atoms with Crippen molar-refractivity contribution in [2.45, 2.75) is 50.8 Å². The Labute approximate surface area is 260 Å². The first-order chi connectivity index (χ1) is 21.2. The van der Waals surface area contributed by atoms with E-state index in [9.17, 15) is 34.2 Å². The average Bonchev–Trinajstić information content (AvgIpc) is 2.97. The van der Waals surface area contributed by atoms with E-state index in [0.717, 1.165) is 31.5 Å². The number of phenols is 1. The van der Waals surface area contributed by atoms with Gasteiger partial charge in [0.1, 0.15) is 11.6 Å². The second kappa shape index (κ2) is 11.2. The van der Waals surface area contributed by atoms with Crippen LogP contribution in [0.15, 0.2) is 30.3 Å². The number of nitrogens with zero attached hydrogens (tertiary/aromatic N) is 2. The van der Waals surface area contributed by atoms with E-state index in [1.165, 1.54) is 31.1 Å². The van der Waals surface area contributed by atoms with Gasteiger partial charge in [-0.3, -0.25) is 33.8 Å². The minimum Gasteiger partial charge on any atom is -0.507 e. The van der Waals surface area contributed by atoms with Crippen molar-refractivity contribution in [3.63, 3.8) is 0 Å². The number of aliphatic hydroxyl groups is 1. The molecule has 0 radical (unpaired) electrons. The Morgan fingerprint density at radius 1 is 1.07 bits per heavy atom. The number of fused-ring (bicyclic) bond motifs is 3. The number of hydrogen-bond acceptors (Lipinski definition) is 9. The van der Waals surface area contributed by atoms with Crippen molar-refractivity contribution in [2.24, 2.45) is 35.3 Å². The zero-order valence-electron chi connectivity index (χ0n) is 25.6. The third-order valence-electron chi connectivity index (χ3n) is 10.5. The summed E-state index contributed by atoms with van der Waals surface area (Å²) in [6, 6.07) is 6.54. The predicted octanol–water partition coefficient (Wildman–Crippen LogP) is 1.90.